The van der Waals surface area contributed by atoms with E-state index >= 15 is 0 Å². The van der Waals surface area contributed by atoms with E-state index in [4.69, 9.17) is 4.74 Å². The average molecular weight is 461 g/mol. The van der Waals surface area contributed by atoms with Crippen LogP contribution in [0, 0.1) is 12.7 Å². The topological polar surface area (TPSA) is 72.3 Å². The largest absolute Gasteiger partial charge is 0.381 e. The number of benzene rings is 1. The van der Waals surface area contributed by atoms with Crippen LogP contribution >= 0.6 is 0 Å². The van der Waals surface area contributed by atoms with Crippen LogP contribution in [-0.2, 0) is 4.74 Å². The van der Waals surface area contributed by atoms with Crippen molar-refractivity contribution in [3.8, 4) is 0 Å². The molecule has 176 valence electrons. The molecule has 7 nitrogen and oxygen atoms in total. The van der Waals surface area contributed by atoms with Gasteiger partial charge in [0.05, 0.1) is 22.5 Å². The van der Waals surface area contributed by atoms with Gasteiger partial charge < -0.3 is 15.1 Å². The number of nitrogens with one attached hydrogen (secondary N) is 1. The zero-order valence-corrected chi connectivity index (χ0v) is 18.7. The number of aryl methyl sites for hydroxylation is 1. The summed E-state index contributed by atoms with van der Waals surface area (Å²) in [7, 11) is 1.85. The number of hydrogen-bond acceptors (Lipinski definition) is 6. The molecule has 10 heteroatoms. The van der Waals surface area contributed by atoms with Crippen LogP contribution in [0.5, 0.6) is 0 Å². The highest BCUT2D eigenvalue weighted by molar-refractivity contribution is 5.88. The molecule has 1 aliphatic heterocycles. The first-order valence-corrected chi connectivity index (χ1v) is 10.8. The number of pyridine rings is 1. The molecular weight excluding hydrogens is 435 g/mol. The van der Waals surface area contributed by atoms with Gasteiger partial charge in [0.25, 0.3) is 12.0 Å². The molecule has 0 radical (unpaired) electrons. The smallest absolute Gasteiger partial charge is 0.271 e. The van der Waals surface area contributed by atoms with Gasteiger partial charge >= 0.3 is 0 Å². The molecule has 1 aromatic carbocycles. The lowest BCUT2D eigenvalue weighted by Gasteiger charge is -2.33. The van der Waals surface area contributed by atoms with Crippen molar-refractivity contribution in [1.29, 1.82) is 0 Å². The Morgan fingerprint density at radius 3 is 2.61 bits per heavy atom. The fraction of sp³-hybridized carbons (Fsp3) is 0.435. The van der Waals surface area contributed by atoms with Crippen LogP contribution in [-0.4, -0.2) is 40.9 Å². The van der Waals surface area contributed by atoms with Crippen molar-refractivity contribution in [3.05, 3.63) is 63.6 Å². The second kappa shape index (κ2) is 9.38. The molecule has 1 atom stereocenters. The quantitative estimate of drug-likeness (QED) is 0.596. The third-order valence-corrected chi connectivity index (χ3v) is 6.00. The van der Waals surface area contributed by atoms with E-state index in [-0.39, 0.29) is 17.2 Å². The Bertz CT molecular complexity index is 1210. The minimum atomic E-state index is -2.91. The van der Waals surface area contributed by atoms with Crippen molar-refractivity contribution >= 4 is 16.7 Å². The Morgan fingerprint density at radius 2 is 1.91 bits per heavy atom. The third kappa shape index (κ3) is 4.66. The molecule has 1 unspecified atom stereocenters. The number of rotatable bonds is 6. The monoisotopic (exact) mass is 461 g/mol. The fourth-order valence-corrected chi connectivity index (χ4v) is 4.15. The zero-order chi connectivity index (χ0) is 23.7. The summed E-state index contributed by atoms with van der Waals surface area (Å²) >= 11 is 0. The highest BCUT2D eigenvalue weighted by Crippen LogP contribution is 2.30. The van der Waals surface area contributed by atoms with E-state index < -0.39 is 23.8 Å². The molecule has 0 saturated carbocycles. The van der Waals surface area contributed by atoms with Crippen LogP contribution < -0.4 is 15.9 Å². The normalized spacial score (nSPS) is 15.7. The summed E-state index contributed by atoms with van der Waals surface area (Å²) in [5.41, 5.74) is -0.327. The number of hydrogen-bond donors (Lipinski definition) is 1. The lowest BCUT2D eigenvalue weighted by molar-refractivity contribution is 0.0807. The molecule has 33 heavy (non-hydrogen) atoms. The van der Waals surface area contributed by atoms with Gasteiger partial charge in [-0.05, 0) is 26.7 Å². The summed E-state index contributed by atoms with van der Waals surface area (Å²) in [6.07, 6.45) is 0.350. The summed E-state index contributed by atoms with van der Waals surface area (Å²) in [5, 5.41) is 5.57. The fourth-order valence-electron chi connectivity index (χ4n) is 4.15. The maximum Gasteiger partial charge on any atom is 0.271 e. The molecule has 1 N–H and O–H groups in total. The van der Waals surface area contributed by atoms with Gasteiger partial charge in [0, 0.05) is 44.1 Å². The van der Waals surface area contributed by atoms with E-state index in [0.717, 1.165) is 18.9 Å². The molecule has 1 aliphatic rings. The summed E-state index contributed by atoms with van der Waals surface area (Å²) in [5.74, 6) is -0.131. The van der Waals surface area contributed by atoms with Gasteiger partial charge in [0.2, 0.25) is 0 Å². The SMILES string of the molecule is Cc1nc(NC(C)c2cccc(C(F)F)c2F)c2cn(N(C)C3CCOCC3)c(=O)cc2n1. The number of fused-ring (bicyclic) bond motifs is 1. The summed E-state index contributed by atoms with van der Waals surface area (Å²) < 4.78 is 47.9. The maximum absolute atomic E-state index is 14.7. The summed E-state index contributed by atoms with van der Waals surface area (Å²) in [4.78, 5) is 21.6. The number of anilines is 1. The molecule has 3 heterocycles. The van der Waals surface area contributed by atoms with Crippen LogP contribution in [0.2, 0.25) is 0 Å². The molecule has 4 rings (SSSR count). The Balaban J connectivity index is 1.73. The van der Waals surface area contributed by atoms with E-state index in [1.807, 2.05) is 12.1 Å². The molecule has 3 aromatic rings. The molecule has 0 aliphatic carbocycles. The first-order valence-electron chi connectivity index (χ1n) is 10.8. The number of ether oxygens (including phenoxy) is 1. The molecule has 1 saturated heterocycles. The lowest BCUT2D eigenvalue weighted by atomic mass is 10.0. The molecule has 0 bridgehead atoms. The predicted octanol–water partition coefficient (Wildman–Crippen LogP) is 4.10. The van der Waals surface area contributed by atoms with E-state index in [1.165, 1.54) is 22.9 Å². The Morgan fingerprint density at radius 1 is 1.21 bits per heavy atom. The van der Waals surface area contributed by atoms with Gasteiger partial charge in [-0.25, -0.2) is 27.8 Å². The highest BCUT2D eigenvalue weighted by Gasteiger charge is 2.22. The maximum atomic E-state index is 14.7. The van der Waals surface area contributed by atoms with Crippen LogP contribution in [0.3, 0.4) is 0 Å². The van der Waals surface area contributed by atoms with E-state index in [2.05, 4.69) is 15.3 Å². The highest BCUT2D eigenvalue weighted by atomic mass is 19.3. The van der Waals surface area contributed by atoms with E-state index in [0.29, 0.717) is 35.8 Å². The van der Waals surface area contributed by atoms with E-state index in [9.17, 15) is 18.0 Å². The zero-order valence-electron chi connectivity index (χ0n) is 18.7. The van der Waals surface area contributed by atoms with Crippen LogP contribution in [0.1, 0.15) is 49.2 Å². The van der Waals surface area contributed by atoms with Gasteiger partial charge in [0.1, 0.15) is 17.5 Å². The molecule has 2 aromatic heterocycles. The second-order valence-electron chi connectivity index (χ2n) is 8.21. The van der Waals surface area contributed by atoms with Crippen molar-refractivity contribution in [2.75, 3.05) is 30.6 Å². The molecule has 0 amide bonds. The van der Waals surface area contributed by atoms with Crippen LogP contribution in [0.15, 0.2) is 35.3 Å². The molecular formula is C23H26F3N5O2. The van der Waals surface area contributed by atoms with Crippen molar-refractivity contribution in [2.24, 2.45) is 0 Å². The number of alkyl halides is 2. The van der Waals surface area contributed by atoms with E-state index in [1.54, 1.807) is 20.0 Å². The van der Waals surface area contributed by atoms with Gasteiger partial charge in [-0.15, -0.1) is 0 Å². The standard InChI is InChI=1S/C23H26F3N5O2/c1-13(16-5-4-6-17(21(16)24)22(25)26)27-23-18-12-31(30(3)15-7-9-33-10-8-15)20(32)11-19(18)28-14(2)29-23/h4-6,11-13,15,22H,7-10H2,1-3H3,(H,27,28,29). The summed E-state index contributed by atoms with van der Waals surface area (Å²) in [6.45, 7) is 4.62. The first-order chi connectivity index (χ1) is 15.8. The summed E-state index contributed by atoms with van der Waals surface area (Å²) in [6, 6.07) is 4.86. The van der Waals surface area contributed by atoms with Gasteiger partial charge in [0.15, 0.2) is 0 Å². The average Bonchev–Trinajstić information content (AvgIpc) is 2.78. The number of halogens is 3. The van der Waals surface area contributed by atoms with Gasteiger partial charge in [-0.1, -0.05) is 18.2 Å². The van der Waals surface area contributed by atoms with Crippen molar-refractivity contribution in [2.45, 2.75) is 45.2 Å². The Kier molecular flexibility index (Phi) is 6.55. The third-order valence-electron chi connectivity index (χ3n) is 6.00. The minimum Gasteiger partial charge on any atom is -0.381 e. The Labute approximate surface area is 189 Å². The van der Waals surface area contributed by atoms with Crippen LogP contribution in [0.25, 0.3) is 10.9 Å². The lowest BCUT2D eigenvalue weighted by Crippen LogP contribution is -2.48. The van der Waals surface area contributed by atoms with Crippen molar-refractivity contribution in [1.82, 2.24) is 14.6 Å². The van der Waals surface area contributed by atoms with Crippen LogP contribution in [0.4, 0.5) is 19.0 Å². The number of nitrogens with zero attached hydrogens (tertiary/aromatic N) is 4. The molecule has 1 fully saturated rings. The number of aromatic nitrogens is 3. The minimum absolute atomic E-state index is 0.102. The second-order valence-corrected chi connectivity index (χ2v) is 8.21. The Hall–Kier alpha value is -3.14. The van der Waals surface area contributed by atoms with Crippen molar-refractivity contribution < 1.29 is 17.9 Å². The predicted molar refractivity (Wildman–Crippen MR) is 120 cm³/mol. The van der Waals surface area contributed by atoms with Gasteiger partial charge in [-0.3, -0.25) is 4.79 Å². The van der Waals surface area contributed by atoms with Gasteiger partial charge in [-0.2, -0.15) is 0 Å². The first kappa shape index (κ1) is 23.0. The van der Waals surface area contributed by atoms with Crippen molar-refractivity contribution in [3.63, 3.8) is 0 Å². The molecule has 0 spiro atoms.